The Kier molecular flexibility index (Phi) is 3.31. The Morgan fingerprint density at radius 3 is 2.92 bits per heavy atom. The Labute approximate surface area is 142 Å². The Hall–Kier alpha value is -2.17. The van der Waals surface area contributed by atoms with Crippen LogP contribution in [-0.4, -0.2) is 33.5 Å². The first-order chi connectivity index (χ1) is 11.4. The molecule has 1 saturated carbocycles. The fourth-order valence-corrected chi connectivity index (χ4v) is 4.87. The van der Waals surface area contributed by atoms with Gasteiger partial charge in [0.25, 0.3) is 5.91 Å². The van der Waals surface area contributed by atoms with Crippen molar-refractivity contribution in [3.63, 3.8) is 0 Å². The molecule has 1 aliphatic heterocycles. The van der Waals surface area contributed by atoms with Crippen molar-refractivity contribution in [2.45, 2.75) is 46.1 Å². The van der Waals surface area contributed by atoms with Gasteiger partial charge < -0.3 is 9.42 Å². The molecule has 3 heterocycles. The van der Waals surface area contributed by atoms with Gasteiger partial charge >= 0.3 is 0 Å². The SMILES string of the molecule is CC1(C)C[C@@H]2C[C@](C)(CN2C(=O)c2cc(-c3cccnc3)on2)C1. The Balaban J connectivity index is 1.58. The van der Waals surface area contributed by atoms with Crippen molar-refractivity contribution in [2.75, 3.05) is 6.54 Å². The summed E-state index contributed by atoms with van der Waals surface area (Å²) in [5, 5.41) is 4.02. The maximum Gasteiger partial charge on any atom is 0.276 e. The predicted octanol–water partition coefficient (Wildman–Crippen LogP) is 3.78. The number of rotatable bonds is 2. The second-order valence-electron chi connectivity index (χ2n) is 8.46. The van der Waals surface area contributed by atoms with Gasteiger partial charge in [-0.2, -0.15) is 0 Å². The average Bonchev–Trinajstić information content (AvgIpc) is 3.09. The molecule has 0 N–H and O–H groups in total. The molecule has 1 saturated heterocycles. The molecule has 0 spiro atoms. The van der Waals surface area contributed by atoms with E-state index in [2.05, 4.69) is 30.9 Å². The molecule has 2 bridgehead atoms. The molecule has 24 heavy (non-hydrogen) atoms. The lowest BCUT2D eigenvalue weighted by Gasteiger charge is -2.39. The summed E-state index contributed by atoms with van der Waals surface area (Å²) in [6.45, 7) is 7.73. The van der Waals surface area contributed by atoms with E-state index in [0.29, 0.717) is 17.5 Å². The van der Waals surface area contributed by atoms with E-state index < -0.39 is 0 Å². The number of hydrogen-bond donors (Lipinski definition) is 0. The maximum absolute atomic E-state index is 13.0. The van der Waals surface area contributed by atoms with E-state index in [-0.39, 0.29) is 16.7 Å². The van der Waals surface area contributed by atoms with E-state index in [9.17, 15) is 4.79 Å². The molecule has 5 nitrogen and oxygen atoms in total. The monoisotopic (exact) mass is 325 g/mol. The number of likely N-dealkylation sites (tertiary alicyclic amines) is 1. The third kappa shape index (κ3) is 2.62. The molecule has 1 amide bonds. The highest BCUT2D eigenvalue weighted by molar-refractivity contribution is 5.93. The van der Waals surface area contributed by atoms with Crippen molar-refractivity contribution in [1.29, 1.82) is 0 Å². The zero-order valence-electron chi connectivity index (χ0n) is 14.5. The summed E-state index contributed by atoms with van der Waals surface area (Å²) in [6.07, 6.45) is 6.73. The molecule has 2 atom stereocenters. The fraction of sp³-hybridized carbons (Fsp3) is 0.526. The van der Waals surface area contributed by atoms with Crippen molar-refractivity contribution in [1.82, 2.24) is 15.0 Å². The normalized spacial score (nSPS) is 28.1. The Morgan fingerprint density at radius 2 is 2.17 bits per heavy atom. The molecule has 2 aromatic rings. The van der Waals surface area contributed by atoms with Crippen LogP contribution in [0.3, 0.4) is 0 Å². The van der Waals surface area contributed by atoms with E-state index >= 15 is 0 Å². The Bertz CT molecular complexity index is 768. The highest BCUT2D eigenvalue weighted by Crippen LogP contribution is 2.52. The summed E-state index contributed by atoms with van der Waals surface area (Å²) in [6, 6.07) is 5.78. The van der Waals surface area contributed by atoms with Crippen LogP contribution in [0.4, 0.5) is 0 Å². The number of carbonyl (C=O) groups is 1. The lowest BCUT2D eigenvalue weighted by Crippen LogP contribution is -2.37. The largest absolute Gasteiger partial charge is 0.355 e. The topological polar surface area (TPSA) is 59.2 Å². The van der Waals surface area contributed by atoms with E-state index in [4.69, 9.17) is 4.52 Å². The molecule has 2 fully saturated rings. The molecule has 1 aliphatic carbocycles. The maximum atomic E-state index is 13.0. The molecule has 0 unspecified atom stereocenters. The summed E-state index contributed by atoms with van der Waals surface area (Å²) in [5.41, 5.74) is 1.73. The first-order valence-corrected chi connectivity index (χ1v) is 8.53. The van der Waals surface area contributed by atoms with Crippen LogP contribution in [0.25, 0.3) is 11.3 Å². The van der Waals surface area contributed by atoms with Crippen LogP contribution in [0.5, 0.6) is 0 Å². The van der Waals surface area contributed by atoms with Crippen LogP contribution >= 0.6 is 0 Å². The molecule has 2 aromatic heterocycles. The van der Waals surface area contributed by atoms with Gasteiger partial charge in [0.15, 0.2) is 11.5 Å². The summed E-state index contributed by atoms with van der Waals surface area (Å²) >= 11 is 0. The number of hydrogen-bond acceptors (Lipinski definition) is 4. The van der Waals surface area contributed by atoms with Gasteiger partial charge in [-0.05, 0) is 42.2 Å². The number of pyridine rings is 1. The van der Waals surface area contributed by atoms with Gasteiger partial charge in [0, 0.05) is 36.6 Å². The fourth-order valence-electron chi connectivity index (χ4n) is 4.87. The van der Waals surface area contributed by atoms with Crippen LogP contribution in [0.1, 0.15) is 50.5 Å². The minimum Gasteiger partial charge on any atom is -0.355 e. The molecule has 126 valence electrons. The van der Waals surface area contributed by atoms with E-state index in [1.807, 2.05) is 17.0 Å². The second-order valence-corrected chi connectivity index (χ2v) is 8.46. The second kappa shape index (κ2) is 5.16. The first-order valence-electron chi connectivity index (χ1n) is 8.53. The summed E-state index contributed by atoms with van der Waals surface area (Å²) < 4.78 is 5.37. The van der Waals surface area contributed by atoms with Crippen molar-refractivity contribution >= 4 is 5.91 Å². The molecule has 0 radical (unpaired) electrons. The average molecular weight is 325 g/mol. The molecule has 5 heteroatoms. The van der Waals surface area contributed by atoms with E-state index in [1.54, 1.807) is 18.5 Å². The van der Waals surface area contributed by atoms with Crippen molar-refractivity contribution in [3.8, 4) is 11.3 Å². The minimum atomic E-state index is -0.0136. The van der Waals surface area contributed by atoms with E-state index in [0.717, 1.165) is 24.9 Å². The van der Waals surface area contributed by atoms with Crippen LogP contribution in [-0.2, 0) is 0 Å². The summed E-state index contributed by atoms with van der Waals surface area (Å²) in [5.74, 6) is 0.570. The highest BCUT2D eigenvalue weighted by Gasteiger charge is 2.51. The van der Waals surface area contributed by atoms with Crippen LogP contribution in [0.15, 0.2) is 35.1 Å². The number of carbonyl (C=O) groups excluding carboxylic acids is 1. The zero-order valence-corrected chi connectivity index (χ0v) is 14.5. The lowest BCUT2D eigenvalue weighted by atomic mass is 9.65. The third-order valence-electron chi connectivity index (χ3n) is 5.35. The third-order valence-corrected chi connectivity index (χ3v) is 5.35. The first kappa shape index (κ1) is 15.4. The number of fused-ring (bicyclic) bond motifs is 2. The molecular weight excluding hydrogens is 302 g/mol. The van der Waals surface area contributed by atoms with Crippen molar-refractivity contribution < 1.29 is 9.32 Å². The smallest absolute Gasteiger partial charge is 0.276 e. The minimum absolute atomic E-state index is 0.0136. The van der Waals surface area contributed by atoms with Crippen molar-refractivity contribution in [3.05, 3.63) is 36.3 Å². The van der Waals surface area contributed by atoms with Gasteiger partial charge in [-0.3, -0.25) is 9.78 Å². The van der Waals surface area contributed by atoms with Crippen LogP contribution in [0.2, 0.25) is 0 Å². The van der Waals surface area contributed by atoms with Crippen LogP contribution in [0, 0.1) is 10.8 Å². The van der Waals surface area contributed by atoms with Gasteiger partial charge in [-0.1, -0.05) is 25.9 Å². The summed E-state index contributed by atoms with van der Waals surface area (Å²) in [7, 11) is 0. The molecule has 0 aromatic carbocycles. The van der Waals surface area contributed by atoms with Gasteiger partial charge in [-0.15, -0.1) is 0 Å². The van der Waals surface area contributed by atoms with Crippen LogP contribution < -0.4 is 0 Å². The molecule has 4 rings (SSSR count). The zero-order chi connectivity index (χ0) is 16.9. The predicted molar refractivity (Wildman–Crippen MR) is 90.3 cm³/mol. The van der Waals surface area contributed by atoms with E-state index in [1.165, 1.54) is 6.42 Å². The summed E-state index contributed by atoms with van der Waals surface area (Å²) in [4.78, 5) is 19.1. The highest BCUT2D eigenvalue weighted by atomic mass is 16.5. The van der Waals surface area contributed by atoms with Gasteiger partial charge in [0.05, 0.1) is 0 Å². The number of amides is 1. The quantitative estimate of drug-likeness (QED) is 0.843. The van der Waals surface area contributed by atoms with Gasteiger partial charge in [0.1, 0.15) is 0 Å². The van der Waals surface area contributed by atoms with Crippen molar-refractivity contribution in [2.24, 2.45) is 10.8 Å². The number of aromatic nitrogens is 2. The number of nitrogens with zero attached hydrogens (tertiary/aromatic N) is 3. The van der Waals surface area contributed by atoms with Gasteiger partial charge in [0.2, 0.25) is 0 Å². The lowest BCUT2D eigenvalue weighted by molar-refractivity contribution is 0.0698. The Morgan fingerprint density at radius 1 is 1.33 bits per heavy atom. The van der Waals surface area contributed by atoms with Gasteiger partial charge in [-0.25, -0.2) is 0 Å². The molecular formula is C19H23N3O2. The standard InChI is InChI=1S/C19H23N3O2/c1-18(2)8-14-9-19(3,11-18)12-22(14)17(23)15-7-16(24-21-15)13-5-4-6-20-10-13/h4-7,10,14H,8-9,11-12H2,1-3H3/t14-,19+/m1/s1. The molecule has 2 aliphatic rings.